The van der Waals surface area contributed by atoms with E-state index in [1.54, 1.807) is 0 Å². The van der Waals surface area contributed by atoms with Gasteiger partial charge >= 0.3 is 0 Å². The molecule has 1 atom stereocenters. The lowest BCUT2D eigenvalue weighted by Crippen LogP contribution is -2.41. The molecule has 92 valence electrons. The Hall–Kier alpha value is -0.550. The lowest BCUT2D eigenvalue weighted by atomic mass is 9.68. The molecule has 1 rings (SSSR count). The van der Waals surface area contributed by atoms with Gasteiger partial charge in [0.2, 0.25) is 0 Å². The molecule has 1 aliphatic heterocycles. The van der Waals surface area contributed by atoms with Gasteiger partial charge in [0.1, 0.15) is 0 Å². The van der Waals surface area contributed by atoms with Crippen LogP contribution in [0.25, 0.3) is 0 Å². The van der Waals surface area contributed by atoms with Gasteiger partial charge in [0.15, 0.2) is 0 Å². The maximum Gasteiger partial charge on any atom is 0.0632 e. The van der Waals surface area contributed by atoms with Crippen LogP contribution in [0.2, 0.25) is 0 Å². The Balaban J connectivity index is 2.68. The van der Waals surface area contributed by atoms with Gasteiger partial charge in [-0.15, -0.1) is 0 Å². The first-order valence-electron chi connectivity index (χ1n) is 6.40. The Kier molecular flexibility index (Phi) is 4.38. The summed E-state index contributed by atoms with van der Waals surface area (Å²) in [5.74, 6) is 0.724. The molecule has 2 nitrogen and oxygen atoms in total. The van der Waals surface area contributed by atoms with Crippen LogP contribution in [0.3, 0.4) is 0 Å². The molecule has 0 aromatic carbocycles. The fraction of sp³-hybridized carbons (Fsp3) is 0.929. The fourth-order valence-corrected chi connectivity index (χ4v) is 2.80. The van der Waals surface area contributed by atoms with E-state index >= 15 is 0 Å². The molecule has 16 heavy (non-hydrogen) atoms. The molecule has 0 bridgehead atoms. The lowest BCUT2D eigenvalue weighted by Gasteiger charge is -2.44. The predicted molar refractivity (Wildman–Crippen MR) is 66.0 cm³/mol. The molecule has 0 amide bonds. The number of hydrogen-bond acceptors (Lipinski definition) is 2. The van der Waals surface area contributed by atoms with Crippen molar-refractivity contribution in [2.24, 2.45) is 11.3 Å². The largest absolute Gasteiger partial charge is 0.376 e. The molecular formula is C14H25NO. The Morgan fingerprint density at radius 1 is 1.38 bits per heavy atom. The van der Waals surface area contributed by atoms with E-state index in [0.29, 0.717) is 6.42 Å². The van der Waals surface area contributed by atoms with Crippen molar-refractivity contribution in [3.05, 3.63) is 0 Å². The predicted octanol–water partition coefficient (Wildman–Crippen LogP) is 3.91. The van der Waals surface area contributed by atoms with E-state index in [2.05, 4.69) is 33.8 Å². The molecule has 2 heteroatoms. The topological polar surface area (TPSA) is 33.0 Å². The normalized spacial score (nSPS) is 29.0. The van der Waals surface area contributed by atoms with Crippen molar-refractivity contribution in [1.82, 2.24) is 0 Å². The summed E-state index contributed by atoms with van der Waals surface area (Å²) in [5.41, 5.74) is 0.160. The molecule has 0 aliphatic carbocycles. The highest BCUT2D eigenvalue weighted by Gasteiger charge is 2.40. The Bertz CT molecular complexity index is 264. The number of ether oxygens (including phenoxy) is 1. The van der Waals surface area contributed by atoms with Crippen LogP contribution in [0.4, 0.5) is 0 Å². The highest BCUT2D eigenvalue weighted by Crippen LogP contribution is 2.45. The monoisotopic (exact) mass is 223 g/mol. The van der Waals surface area contributed by atoms with Crippen molar-refractivity contribution < 1.29 is 4.74 Å². The maximum atomic E-state index is 9.03. The third kappa shape index (κ3) is 3.79. The molecular weight excluding hydrogens is 198 g/mol. The second kappa shape index (κ2) is 5.19. The van der Waals surface area contributed by atoms with Gasteiger partial charge in [-0.3, -0.25) is 0 Å². The van der Waals surface area contributed by atoms with Gasteiger partial charge < -0.3 is 4.74 Å². The van der Waals surface area contributed by atoms with Gasteiger partial charge in [-0.05, 0) is 44.4 Å². The van der Waals surface area contributed by atoms with Crippen LogP contribution in [0, 0.1) is 22.7 Å². The van der Waals surface area contributed by atoms with Crippen molar-refractivity contribution in [1.29, 1.82) is 5.26 Å². The maximum absolute atomic E-state index is 9.03. The summed E-state index contributed by atoms with van der Waals surface area (Å²) in [6.45, 7) is 9.61. The first-order valence-corrected chi connectivity index (χ1v) is 6.40. The Morgan fingerprint density at radius 3 is 2.56 bits per heavy atom. The highest BCUT2D eigenvalue weighted by atomic mass is 16.5. The second-order valence-electron chi connectivity index (χ2n) is 6.30. The van der Waals surface area contributed by atoms with Crippen molar-refractivity contribution in [2.75, 3.05) is 6.61 Å². The van der Waals surface area contributed by atoms with E-state index in [1.807, 2.05) is 0 Å². The summed E-state index contributed by atoms with van der Waals surface area (Å²) >= 11 is 0. The zero-order chi connectivity index (χ0) is 12.2. The molecule has 1 saturated heterocycles. The van der Waals surface area contributed by atoms with Crippen molar-refractivity contribution in [3.8, 4) is 6.07 Å². The van der Waals surface area contributed by atoms with Gasteiger partial charge in [0, 0.05) is 13.0 Å². The van der Waals surface area contributed by atoms with E-state index in [4.69, 9.17) is 10.00 Å². The average Bonchev–Trinajstić information content (AvgIpc) is 2.14. The van der Waals surface area contributed by atoms with Crippen LogP contribution >= 0.6 is 0 Å². The third-order valence-corrected chi connectivity index (χ3v) is 3.63. The molecule has 0 spiro atoms. The van der Waals surface area contributed by atoms with Crippen LogP contribution in [0.15, 0.2) is 0 Å². The van der Waals surface area contributed by atoms with Crippen LogP contribution in [-0.2, 0) is 4.74 Å². The quantitative estimate of drug-likeness (QED) is 0.724. The second-order valence-corrected chi connectivity index (χ2v) is 6.30. The first kappa shape index (κ1) is 13.5. The summed E-state index contributed by atoms with van der Waals surface area (Å²) in [6, 6.07) is 2.38. The third-order valence-electron chi connectivity index (χ3n) is 3.63. The van der Waals surface area contributed by atoms with E-state index in [0.717, 1.165) is 25.4 Å². The van der Waals surface area contributed by atoms with E-state index < -0.39 is 0 Å². The molecule has 0 radical (unpaired) electrons. The molecule has 1 heterocycles. The standard InChI is InChI=1S/C14H25NO/c1-12(2)5-6-14(7-9-15)8-10-16-13(3,4)11-14/h12H,5-8,10-11H2,1-4H3/t14-/m0/s1. The number of hydrogen-bond donors (Lipinski definition) is 0. The molecule has 0 unspecified atom stereocenters. The molecule has 0 N–H and O–H groups in total. The minimum Gasteiger partial charge on any atom is -0.376 e. The Labute approximate surface area is 100.0 Å². The van der Waals surface area contributed by atoms with Gasteiger partial charge in [0.25, 0.3) is 0 Å². The van der Waals surface area contributed by atoms with Gasteiger partial charge in [0.05, 0.1) is 11.7 Å². The van der Waals surface area contributed by atoms with Crippen LogP contribution in [-0.4, -0.2) is 12.2 Å². The molecule has 0 aromatic rings. The molecule has 1 aliphatic rings. The zero-order valence-corrected chi connectivity index (χ0v) is 11.2. The minimum absolute atomic E-state index is 0.0495. The molecule has 1 fully saturated rings. The Morgan fingerprint density at radius 2 is 2.06 bits per heavy atom. The van der Waals surface area contributed by atoms with Gasteiger partial charge in [-0.1, -0.05) is 20.3 Å². The average molecular weight is 223 g/mol. The smallest absolute Gasteiger partial charge is 0.0632 e. The summed E-state index contributed by atoms with van der Waals surface area (Å²) in [7, 11) is 0. The van der Waals surface area contributed by atoms with Gasteiger partial charge in [-0.2, -0.15) is 5.26 Å². The summed E-state index contributed by atoms with van der Waals surface area (Å²) in [6.07, 6.45) is 5.16. The number of nitrogens with zero attached hydrogens (tertiary/aromatic N) is 1. The van der Waals surface area contributed by atoms with Crippen molar-refractivity contribution >= 4 is 0 Å². The van der Waals surface area contributed by atoms with Crippen molar-refractivity contribution in [3.63, 3.8) is 0 Å². The SMILES string of the molecule is CC(C)CC[C@]1(CC#N)CCOC(C)(C)C1. The van der Waals surface area contributed by atoms with Crippen molar-refractivity contribution in [2.45, 2.75) is 65.4 Å². The number of nitriles is 1. The van der Waals surface area contributed by atoms with Crippen LogP contribution < -0.4 is 0 Å². The lowest BCUT2D eigenvalue weighted by molar-refractivity contribution is -0.107. The van der Waals surface area contributed by atoms with E-state index in [9.17, 15) is 0 Å². The first-order chi connectivity index (χ1) is 7.39. The summed E-state index contributed by atoms with van der Waals surface area (Å²) in [4.78, 5) is 0. The van der Waals surface area contributed by atoms with Crippen LogP contribution in [0.1, 0.15) is 59.8 Å². The van der Waals surface area contributed by atoms with E-state index in [-0.39, 0.29) is 11.0 Å². The highest BCUT2D eigenvalue weighted by molar-refractivity contribution is 4.95. The fourth-order valence-electron chi connectivity index (χ4n) is 2.80. The molecule has 0 aromatic heterocycles. The van der Waals surface area contributed by atoms with Gasteiger partial charge in [-0.25, -0.2) is 0 Å². The summed E-state index contributed by atoms with van der Waals surface area (Å²) < 4.78 is 5.76. The zero-order valence-electron chi connectivity index (χ0n) is 11.2. The minimum atomic E-state index is -0.0495. The van der Waals surface area contributed by atoms with Crippen LogP contribution in [0.5, 0.6) is 0 Å². The molecule has 0 saturated carbocycles. The summed E-state index contributed by atoms with van der Waals surface area (Å²) in [5, 5.41) is 9.03. The van der Waals surface area contributed by atoms with E-state index in [1.165, 1.54) is 12.8 Å². The number of rotatable bonds is 4.